The number of aliphatic hydroxyl groups excluding tert-OH is 2. The zero-order chi connectivity index (χ0) is 70.9. The van der Waals surface area contributed by atoms with E-state index in [0.717, 1.165) is 244 Å². The molecule has 15 rings (SSSR count). The van der Waals surface area contributed by atoms with Gasteiger partial charge in [0.2, 0.25) is 0 Å². The van der Waals surface area contributed by atoms with Gasteiger partial charge in [0.25, 0.3) is 0 Å². The summed E-state index contributed by atoms with van der Waals surface area (Å²) in [5, 5.41) is 37.8. The fourth-order valence-electron chi connectivity index (χ4n) is 16.7. The number of fused-ring (bicyclic) bond motifs is 3. The Labute approximate surface area is 611 Å². The van der Waals surface area contributed by atoms with Crippen molar-refractivity contribution >= 4 is 17.6 Å². The van der Waals surface area contributed by atoms with Crippen LogP contribution in [0.15, 0.2) is 110 Å². The molecular formula is C84H113N11O8. The highest BCUT2D eigenvalue weighted by Gasteiger charge is 2.40. The molecule has 6 aromatic heterocycles. The van der Waals surface area contributed by atoms with Crippen LogP contribution >= 0.6 is 0 Å². The summed E-state index contributed by atoms with van der Waals surface area (Å²) in [7, 11) is 1.74. The number of rotatable bonds is 32. The van der Waals surface area contributed by atoms with Crippen LogP contribution in [0.4, 0.5) is 11.6 Å². The van der Waals surface area contributed by atoms with E-state index in [1.54, 1.807) is 19.5 Å². The van der Waals surface area contributed by atoms with Gasteiger partial charge < -0.3 is 44.9 Å². The minimum atomic E-state index is -0.790. The molecule has 3 saturated carbocycles. The smallest absolute Gasteiger partial charge is 0.325 e. The van der Waals surface area contributed by atoms with E-state index in [1.807, 2.05) is 30.6 Å². The lowest BCUT2D eigenvalue weighted by Gasteiger charge is -2.32. The number of aliphatic hydroxyl groups is 2. The van der Waals surface area contributed by atoms with Crippen molar-refractivity contribution in [3.63, 3.8) is 0 Å². The molecule has 0 bridgehead atoms. The lowest BCUT2D eigenvalue weighted by Crippen LogP contribution is -2.34. The van der Waals surface area contributed by atoms with Crippen LogP contribution in [-0.2, 0) is 64.0 Å². The maximum Gasteiger partial charge on any atom is 0.325 e. The molecule has 6 atom stereocenters. The van der Waals surface area contributed by atoms with Crippen LogP contribution in [0.2, 0.25) is 0 Å². The third-order valence-corrected chi connectivity index (χ3v) is 22.7. The normalized spacial score (nSPS) is 21.2. The maximum atomic E-state index is 12.2. The van der Waals surface area contributed by atoms with Crippen molar-refractivity contribution < 1.29 is 39.1 Å². The van der Waals surface area contributed by atoms with Gasteiger partial charge in [0.05, 0.1) is 37.5 Å². The fourth-order valence-corrected chi connectivity index (χ4v) is 16.7. The molecule has 5 N–H and O–H groups in total. The molecule has 0 aromatic carbocycles. The molecule has 19 nitrogen and oxygen atoms in total. The molecule has 103 heavy (non-hydrogen) atoms. The molecule has 0 radical (unpaired) electrons. The lowest BCUT2D eigenvalue weighted by atomic mass is 9.79. The number of nitrogens with zero attached hydrogens (tertiary/aromatic N) is 9. The monoisotopic (exact) mass is 1400 g/mol. The van der Waals surface area contributed by atoms with Gasteiger partial charge in [-0.3, -0.25) is 39.4 Å². The Morgan fingerprint density at radius 2 is 1.05 bits per heavy atom. The molecule has 9 aliphatic rings. The number of likely N-dealkylation sites (tertiary alicyclic amines) is 3. The van der Waals surface area contributed by atoms with E-state index < -0.39 is 12.0 Å². The quantitative estimate of drug-likeness (QED) is 0.0195. The molecule has 5 aliphatic heterocycles. The molecule has 11 heterocycles. The molecule has 0 spiro atoms. The number of aryl methyl sites for hydroxylation is 6. The van der Waals surface area contributed by atoms with E-state index in [2.05, 4.69) is 90.9 Å². The number of hydrogen-bond acceptors (Lipinski definition) is 18. The predicted octanol–water partition coefficient (Wildman–Crippen LogP) is 15.1. The van der Waals surface area contributed by atoms with Gasteiger partial charge in [0, 0.05) is 160 Å². The van der Waals surface area contributed by atoms with E-state index in [0.29, 0.717) is 24.3 Å². The number of ether oxygens (including phenoxy) is 4. The van der Waals surface area contributed by atoms with E-state index >= 15 is 0 Å². The first-order valence-corrected chi connectivity index (χ1v) is 39.4. The Morgan fingerprint density at radius 3 is 1.63 bits per heavy atom. The largest absolute Gasteiger partial charge is 0.511 e. The van der Waals surface area contributed by atoms with Gasteiger partial charge >= 0.3 is 5.97 Å². The van der Waals surface area contributed by atoms with E-state index in [4.69, 9.17) is 38.9 Å². The van der Waals surface area contributed by atoms with Gasteiger partial charge in [-0.15, -0.1) is 0 Å². The van der Waals surface area contributed by atoms with Crippen molar-refractivity contribution in [2.75, 3.05) is 89.9 Å². The molecule has 0 amide bonds. The molecule has 4 aliphatic carbocycles. The van der Waals surface area contributed by atoms with Crippen molar-refractivity contribution in [2.24, 2.45) is 0 Å². The topological polar surface area (TPSA) is 226 Å². The number of carbonyl (C=O) groups is 1. The SMILES string of the molecule is C=C(O)C(c1cccnc1C1CC1)N1CC[C@@H](OCCCCc2cc(OC)c3c(n2)NCCC3)C1.C=C(O)C(c1cccnc1C1CCC1)N1CC[C@@H](OCCCCc2ccc3c(n2)CCCC3)C1.O=C(O)C(c1cnccc1C1CC1)N1CC[C@@H](OCCCCCc2ccc3c(n2)NCCC3)C1. The summed E-state index contributed by atoms with van der Waals surface area (Å²) in [6, 6.07) is 20.2. The Balaban J connectivity index is 0.000000138. The standard InChI is InChI=1S/C29H39N3O2.C28H38N4O3.C27H36N4O3/c1-21(33)29(26-12-7-17-30-28(26)23-9-6-10-23)32-18-16-25(20-32)34-19-5-4-11-24-15-14-22-8-2-3-13-27(22)31-24;1-19(33)27(24-9-6-13-29-26(24)20-10-11-20)32-15-12-22(18-32)35-16-4-3-7-21-17-25(34-2)23-8-5-14-30-28(23)31-21;32-27(33)25(24-17-28-14-11-23(24)19-7-8-19)31-15-12-22(18-31)34-16-3-1-2-6-21-10-9-20-5-4-13-29-26(20)30-21/h7,12,14-15,17,23,25,29,33H,1-6,8-11,13,16,18-20H2;6,9,13,17,20,22,27,33H,1,3-5,7-8,10-12,14-16,18H2,2H3,(H,30,31);9-11,14,17,19,22,25H,1-8,12-13,15-16,18H2,(H,29,30)(H,32,33)/t25-,29?;22-,27?;22-,25?/m111/s1. The van der Waals surface area contributed by atoms with Crippen LogP contribution in [0.3, 0.4) is 0 Å². The third-order valence-electron chi connectivity index (χ3n) is 22.7. The third kappa shape index (κ3) is 19.8. The number of unbranched alkanes of at least 4 members (excludes halogenated alkanes) is 4. The molecule has 6 fully saturated rings. The number of aliphatic carboxylic acids is 1. The average molecular weight is 1400 g/mol. The van der Waals surface area contributed by atoms with Crippen LogP contribution in [0.1, 0.15) is 244 Å². The summed E-state index contributed by atoms with van der Waals surface area (Å²) in [6.45, 7) is 16.9. The van der Waals surface area contributed by atoms with Crippen molar-refractivity contribution in [1.82, 2.24) is 44.6 Å². The second kappa shape index (κ2) is 36.5. The van der Waals surface area contributed by atoms with Crippen molar-refractivity contribution in [3.8, 4) is 5.75 Å². The first-order valence-electron chi connectivity index (χ1n) is 39.4. The lowest BCUT2D eigenvalue weighted by molar-refractivity contribution is -0.143. The van der Waals surface area contributed by atoms with Crippen molar-refractivity contribution in [2.45, 2.75) is 234 Å². The van der Waals surface area contributed by atoms with E-state index in [-0.39, 0.29) is 41.9 Å². The van der Waals surface area contributed by atoms with Gasteiger partial charge in [0.1, 0.15) is 34.9 Å². The van der Waals surface area contributed by atoms with Crippen LogP contribution in [-0.4, -0.2) is 163 Å². The fraction of sp³-hybridized carbons (Fsp3) is 0.583. The summed E-state index contributed by atoms with van der Waals surface area (Å²) in [5.74, 6) is 4.20. The average Bonchev–Trinajstić information content (AvgIpc) is 1.52. The van der Waals surface area contributed by atoms with Crippen LogP contribution in [0, 0.1) is 0 Å². The first kappa shape index (κ1) is 73.9. The number of methoxy groups -OCH3 is 1. The van der Waals surface area contributed by atoms with Gasteiger partial charge in [0.15, 0.2) is 0 Å². The molecule has 6 aromatic rings. The minimum absolute atomic E-state index is 0.108. The number of carboxylic acids is 1. The van der Waals surface area contributed by atoms with Crippen LogP contribution < -0.4 is 15.4 Å². The molecule has 19 heteroatoms. The number of hydrogen-bond donors (Lipinski definition) is 5. The maximum absolute atomic E-state index is 12.2. The number of aromatic nitrogens is 6. The minimum Gasteiger partial charge on any atom is -0.511 e. The molecular weight excluding hydrogens is 1290 g/mol. The number of nitrogens with one attached hydrogen (secondary N) is 2. The van der Waals surface area contributed by atoms with Gasteiger partial charge in [-0.2, -0.15) is 0 Å². The number of carboxylic acid groups (broad SMARTS) is 1. The zero-order valence-corrected chi connectivity index (χ0v) is 61.2. The second-order valence-electron chi connectivity index (χ2n) is 30.3. The highest BCUT2D eigenvalue weighted by Crippen LogP contribution is 2.46. The Bertz CT molecular complexity index is 3770. The molecule has 3 saturated heterocycles. The first-order chi connectivity index (χ1) is 50.5. The van der Waals surface area contributed by atoms with Gasteiger partial charge in [-0.1, -0.05) is 50.3 Å². The van der Waals surface area contributed by atoms with Crippen molar-refractivity contribution in [1.29, 1.82) is 0 Å². The predicted molar refractivity (Wildman–Crippen MR) is 403 cm³/mol. The summed E-state index contributed by atoms with van der Waals surface area (Å²) >= 11 is 0. The summed E-state index contributed by atoms with van der Waals surface area (Å²) in [5.41, 5.74) is 15.3. The highest BCUT2D eigenvalue weighted by molar-refractivity contribution is 5.76. The number of pyridine rings is 6. The van der Waals surface area contributed by atoms with Crippen LogP contribution in [0.5, 0.6) is 5.75 Å². The summed E-state index contributed by atoms with van der Waals surface area (Å²) in [6.07, 6.45) is 38.7. The van der Waals surface area contributed by atoms with Gasteiger partial charge in [-0.05, 0) is 231 Å². The zero-order valence-electron chi connectivity index (χ0n) is 61.2. The van der Waals surface area contributed by atoms with E-state index in [1.165, 1.54) is 91.6 Å². The second-order valence-corrected chi connectivity index (χ2v) is 30.3. The van der Waals surface area contributed by atoms with Gasteiger partial charge in [-0.25, -0.2) is 9.97 Å². The highest BCUT2D eigenvalue weighted by atomic mass is 16.5. The Hall–Kier alpha value is -7.39. The van der Waals surface area contributed by atoms with Crippen LogP contribution in [0.25, 0.3) is 0 Å². The van der Waals surface area contributed by atoms with Crippen molar-refractivity contribution in [3.05, 3.63) is 183 Å². The van der Waals surface area contributed by atoms with E-state index in [9.17, 15) is 20.1 Å². The molecule has 3 unspecified atom stereocenters. The number of anilines is 2. The molecule has 552 valence electrons. The summed E-state index contributed by atoms with van der Waals surface area (Å²) < 4.78 is 24.2. The summed E-state index contributed by atoms with van der Waals surface area (Å²) in [4.78, 5) is 47.0. The Morgan fingerprint density at radius 1 is 0.524 bits per heavy atom. The Kier molecular flexibility index (Phi) is 26.2.